The molecule has 19 heavy (non-hydrogen) atoms. The lowest BCUT2D eigenvalue weighted by atomic mass is 9.85. The van der Waals surface area contributed by atoms with Crippen LogP contribution in [-0.2, 0) is 14.3 Å². The second-order valence-electron chi connectivity index (χ2n) is 7.15. The third kappa shape index (κ3) is 3.27. The SMILES string of the molecule is CC1(C)CN(CC2(C(=O)O)CCOC2)CC(C)(C)O1. The number of carbonyl (C=O) groups is 1. The van der Waals surface area contributed by atoms with Gasteiger partial charge in [0.2, 0.25) is 0 Å². The molecule has 2 fully saturated rings. The summed E-state index contributed by atoms with van der Waals surface area (Å²) in [5.41, 5.74) is -1.24. The van der Waals surface area contributed by atoms with Gasteiger partial charge in [0.25, 0.3) is 0 Å². The van der Waals surface area contributed by atoms with E-state index in [0.717, 1.165) is 13.1 Å². The van der Waals surface area contributed by atoms with Crippen LogP contribution in [0.2, 0.25) is 0 Å². The van der Waals surface area contributed by atoms with E-state index in [4.69, 9.17) is 9.47 Å². The molecule has 0 aliphatic carbocycles. The molecule has 5 nitrogen and oxygen atoms in total. The molecule has 0 bridgehead atoms. The van der Waals surface area contributed by atoms with Crippen molar-refractivity contribution >= 4 is 5.97 Å². The number of carboxylic acids is 1. The first-order chi connectivity index (χ1) is 8.64. The Bertz CT molecular complexity index is 342. The first kappa shape index (κ1) is 14.8. The summed E-state index contributed by atoms with van der Waals surface area (Å²) in [5, 5.41) is 9.52. The predicted octanol–water partition coefficient (Wildman–Crippen LogP) is 1.37. The number of hydrogen-bond acceptors (Lipinski definition) is 4. The third-order valence-corrected chi connectivity index (χ3v) is 3.84. The Labute approximate surface area is 114 Å². The van der Waals surface area contributed by atoms with Crippen LogP contribution in [0.4, 0.5) is 0 Å². The molecule has 0 saturated carbocycles. The highest BCUT2D eigenvalue weighted by Gasteiger charge is 2.47. The van der Waals surface area contributed by atoms with Crippen LogP contribution in [0.1, 0.15) is 34.1 Å². The van der Waals surface area contributed by atoms with E-state index in [0.29, 0.717) is 26.2 Å². The van der Waals surface area contributed by atoms with Gasteiger partial charge in [-0.1, -0.05) is 0 Å². The number of aliphatic carboxylic acids is 1. The van der Waals surface area contributed by atoms with Crippen molar-refractivity contribution in [1.82, 2.24) is 4.90 Å². The van der Waals surface area contributed by atoms with Crippen LogP contribution < -0.4 is 0 Å². The maximum absolute atomic E-state index is 11.6. The number of rotatable bonds is 3. The maximum atomic E-state index is 11.6. The minimum Gasteiger partial charge on any atom is -0.481 e. The molecule has 1 atom stereocenters. The van der Waals surface area contributed by atoms with Gasteiger partial charge in [0.1, 0.15) is 5.41 Å². The highest BCUT2D eigenvalue weighted by atomic mass is 16.5. The molecule has 0 amide bonds. The Balaban J connectivity index is 2.11. The first-order valence-electron chi connectivity index (χ1n) is 6.88. The molecule has 110 valence electrons. The van der Waals surface area contributed by atoms with E-state index < -0.39 is 11.4 Å². The molecule has 2 aliphatic rings. The van der Waals surface area contributed by atoms with Gasteiger partial charge in [0.15, 0.2) is 0 Å². The van der Waals surface area contributed by atoms with Crippen LogP contribution in [-0.4, -0.2) is 60.0 Å². The average Bonchev–Trinajstić information content (AvgIpc) is 2.61. The second kappa shape index (κ2) is 4.72. The van der Waals surface area contributed by atoms with Gasteiger partial charge in [-0.2, -0.15) is 0 Å². The minimum atomic E-state index is -0.747. The topological polar surface area (TPSA) is 59.0 Å². The summed E-state index contributed by atoms with van der Waals surface area (Å²) in [5.74, 6) is -0.743. The molecule has 2 saturated heterocycles. The zero-order valence-corrected chi connectivity index (χ0v) is 12.4. The van der Waals surface area contributed by atoms with Crippen molar-refractivity contribution in [3.63, 3.8) is 0 Å². The van der Waals surface area contributed by atoms with Crippen molar-refractivity contribution < 1.29 is 19.4 Å². The van der Waals surface area contributed by atoms with E-state index >= 15 is 0 Å². The van der Waals surface area contributed by atoms with Crippen molar-refractivity contribution in [3.05, 3.63) is 0 Å². The quantitative estimate of drug-likeness (QED) is 0.840. The van der Waals surface area contributed by atoms with E-state index in [-0.39, 0.29) is 11.2 Å². The fourth-order valence-electron chi connectivity index (χ4n) is 3.45. The van der Waals surface area contributed by atoms with Crippen molar-refractivity contribution in [2.75, 3.05) is 32.8 Å². The van der Waals surface area contributed by atoms with Crippen molar-refractivity contribution in [1.29, 1.82) is 0 Å². The molecule has 0 spiro atoms. The highest BCUT2D eigenvalue weighted by Crippen LogP contribution is 2.34. The average molecular weight is 271 g/mol. The van der Waals surface area contributed by atoms with E-state index in [1.165, 1.54) is 0 Å². The lowest BCUT2D eigenvalue weighted by molar-refractivity contribution is -0.188. The number of morpholine rings is 1. The Morgan fingerprint density at radius 1 is 1.21 bits per heavy atom. The lowest BCUT2D eigenvalue weighted by Gasteiger charge is -2.48. The van der Waals surface area contributed by atoms with Crippen molar-refractivity contribution in [3.8, 4) is 0 Å². The summed E-state index contributed by atoms with van der Waals surface area (Å²) in [7, 11) is 0. The standard InChI is InChI=1S/C14H25NO4/c1-12(2)7-15(8-13(3,4)19-12)9-14(11(16)17)5-6-18-10-14/h5-10H2,1-4H3,(H,16,17). The lowest BCUT2D eigenvalue weighted by Crippen LogP contribution is -2.59. The van der Waals surface area contributed by atoms with Crippen LogP contribution in [0.15, 0.2) is 0 Å². The van der Waals surface area contributed by atoms with Gasteiger partial charge in [-0.05, 0) is 34.1 Å². The Kier molecular flexibility index (Phi) is 3.66. The van der Waals surface area contributed by atoms with Crippen molar-refractivity contribution in [2.24, 2.45) is 5.41 Å². The van der Waals surface area contributed by atoms with E-state index in [9.17, 15) is 9.90 Å². The fraction of sp³-hybridized carbons (Fsp3) is 0.929. The van der Waals surface area contributed by atoms with Crippen LogP contribution in [0, 0.1) is 5.41 Å². The van der Waals surface area contributed by atoms with Crippen LogP contribution >= 0.6 is 0 Å². The summed E-state index contributed by atoms with van der Waals surface area (Å²) >= 11 is 0. The molecule has 2 rings (SSSR count). The molecule has 0 aromatic heterocycles. The summed E-state index contributed by atoms with van der Waals surface area (Å²) in [4.78, 5) is 13.8. The zero-order chi connectivity index (χ0) is 14.3. The summed E-state index contributed by atoms with van der Waals surface area (Å²) < 4.78 is 11.4. The van der Waals surface area contributed by atoms with Crippen molar-refractivity contribution in [2.45, 2.75) is 45.3 Å². The smallest absolute Gasteiger partial charge is 0.313 e. The van der Waals surface area contributed by atoms with Gasteiger partial charge in [0, 0.05) is 26.2 Å². The van der Waals surface area contributed by atoms with Gasteiger partial charge >= 0.3 is 5.97 Å². The first-order valence-corrected chi connectivity index (χ1v) is 6.88. The molecule has 1 N–H and O–H groups in total. The molecule has 0 aromatic rings. The molecule has 5 heteroatoms. The largest absolute Gasteiger partial charge is 0.481 e. The molecule has 2 heterocycles. The van der Waals surface area contributed by atoms with Gasteiger partial charge in [-0.25, -0.2) is 0 Å². The summed E-state index contributed by atoms with van der Waals surface area (Å²) in [6, 6.07) is 0. The van der Waals surface area contributed by atoms with Gasteiger partial charge in [-0.15, -0.1) is 0 Å². The number of nitrogens with zero attached hydrogens (tertiary/aromatic N) is 1. The molecule has 0 radical (unpaired) electrons. The van der Waals surface area contributed by atoms with Gasteiger partial charge in [0.05, 0.1) is 17.8 Å². The minimum absolute atomic E-state index is 0.249. The number of hydrogen-bond donors (Lipinski definition) is 1. The van der Waals surface area contributed by atoms with E-state index in [1.54, 1.807) is 0 Å². The van der Waals surface area contributed by atoms with Gasteiger partial charge < -0.3 is 14.6 Å². The maximum Gasteiger partial charge on any atom is 0.313 e. The highest BCUT2D eigenvalue weighted by molar-refractivity contribution is 5.75. The molecular formula is C14H25NO4. The molecule has 0 aromatic carbocycles. The number of carboxylic acid groups (broad SMARTS) is 1. The monoisotopic (exact) mass is 271 g/mol. The zero-order valence-electron chi connectivity index (χ0n) is 12.4. The summed E-state index contributed by atoms with van der Waals surface area (Å²) in [6.07, 6.45) is 0.598. The fourth-order valence-corrected chi connectivity index (χ4v) is 3.45. The molecular weight excluding hydrogens is 246 g/mol. The normalized spacial score (nSPS) is 34.3. The predicted molar refractivity (Wildman–Crippen MR) is 71.2 cm³/mol. The molecule has 2 aliphatic heterocycles. The van der Waals surface area contributed by atoms with Gasteiger partial charge in [-0.3, -0.25) is 9.69 Å². The number of ether oxygens (including phenoxy) is 2. The van der Waals surface area contributed by atoms with Crippen LogP contribution in [0.5, 0.6) is 0 Å². The Morgan fingerprint density at radius 3 is 2.21 bits per heavy atom. The van der Waals surface area contributed by atoms with Crippen LogP contribution in [0.3, 0.4) is 0 Å². The van der Waals surface area contributed by atoms with Crippen LogP contribution in [0.25, 0.3) is 0 Å². The Morgan fingerprint density at radius 2 is 1.79 bits per heavy atom. The second-order valence-corrected chi connectivity index (χ2v) is 7.15. The third-order valence-electron chi connectivity index (χ3n) is 3.84. The summed E-state index contributed by atoms with van der Waals surface area (Å²) in [6.45, 7) is 11.1. The molecule has 1 unspecified atom stereocenters. The Hall–Kier alpha value is -0.650. The van der Waals surface area contributed by atoms with E-state index in [1.807, 2.05) is 0 Å². The van der Waals surface area contributed by atoms with E-state index in [2.05, 4.69) is 32.6 Å².